The van der Waals surface area contributed by atoms with E-state index in [-0.39, 0.29) is 46.2 Å². The summed E-state index contributed by atoms with van der Waals surface area (Å²) in [6.07, 6.45) is 3.40. The van der Waals surface area contributed by atoms with Gasteiger partial charge in [-0.1, -0.05) is 6.07 Å². The lowest BCUT2D eigenvalue weighted by Gasteiger charge is -2.31. The number of hydrogen-bond acceptors (Lipinski definition) is 7. The molecule has 10 nitrogen and oxygen atoms in total. The first-order valence-electron chi connectivity index (χ1n) is 14.0. The largest absolute Gasteiger partial charge is 0.444 e. The number of amides is 1. The first kappa shape index (κ1) is 27.8. The minimum Gasteiger partial charge on any atom is -0.444 e. The van der Waals surface area contributed by atoms with E-state index >= 15 is 0 Å². The average Bonchev–Trinajstić information content (AvgIpc) is 3.71. The van der Waals surface area contributed by atoms with Gasteiger partial charge in [0.15, 0.2) is 11.5 Å². The van der Waals surface area contributed by atoms with E-state index in [1.165, 1.54) is 30.8 Å². The molecule has 0 radical (unpaired) electrons. The highest BCUT2D eigenvalue weighted by Crippen LogP contribution is 2.36. The molecule has 1 fully saturated rings. The Morgan fingerprint density at radius 3 is 2.52 bits per heavy atom. The second kappa shape index (κ2) is 9.88. The third-order valence-corrected chi connectivity index (χ3v) is 7.25. The van der Waals surface area contributed by atoms with Crippen LogP contribution in [0.2, 0.25) is 0 Å². The molecular weight excluding hydrogens is 544 g/mol. The van der Waals surface area contributed by atoms with Gasteiger partial charge in [-0.3, -0.25) is 4.79 Å². The summed E-state index contributed by atoms with van der Waals surface area (Å²) in [6, 6.07) is 8.35. The number of carbonyl (C=O) groups is 1. The molecule has 3 aromatic heterocycles. The Hall–Kier alpha value is -4.35. The van der Waals surface area contributed by atoms with Crippen LogP contribution in [-0.4, -0.2) is 47.5 Å². The van der Waals surface area contributed by atoms with E-state index < -0.39 is 17.1 Å². The molecule has 0 saturated heterocycles. The molecule has 4 aromatic rings. The third kappa shape index (κ3) is 5.33. The van der Waals surface area contributed by atoms with E-state index in [4.69, 9.17) is 4.74 Å². The van der Waals surface area contributed by atoms with Gasteiger partial charge in [-0.25, -0.2) is 32.9 Å². The number of nitrogens with one attached hydrogen (secondary N) is 1. The van der Waals surface area contributed by atoms with Crippen LogP contribution in [0.25, 0.3) is 16.9 Å². The van der Waals surface area contributed by atoms with Gasteiger partial charge in [0, 0.05) is 25.0 Å². The van der Waals surface area contributed by atoms with E-state index in [1.807, 2.05) is 39.0 Å². The normalized spacial score (nSPS) is 15.5. The van der Waals surface area contributed by atoms with Crippen molar-refractivity contribution in [3.05, 3.63) is 69.5 Å². The zero-order valence-electron chi connectivity index (χ0n) is 24.2. The van der Waals surface area contributed by atoms with Crippen molar-refractivity contribution in [1.29, 1.82) is 0 Å². The molecule has 1 aromatic carbocycles. The highest BCUT2D eigenvalue weighted by molar-refractivity contribution is 5.77. The second-order valence-electron chi connectivity index (χ2n) is 12.4. The molecule has 0 atom stereocenters. The second-order valence-corrected chi connectivity index (χ2v) is 12.4. The maximum atomic E-state index is 14.8. The molecule has 6 rings (SSSR count). The number of halogens is 2. The van der Waals surface area contributed by atoms with Crippen molar-refractivity contribution in [3.63, 3.8) is 0 Å². The van der Waals surface area contributed by atoms with Crippen molar-refractivity contribution in [1.82, 2.24) is 29.2 Å². The minimum absolute atomic E-state index is 0.0577. The molecule has 1 amide bonds. The summed E-state index contributed by atoms with van der Waals surface area (Å²) >= 11 is 0. The van der Waals surface area contributed by atoms with Crippen molar-refractivity contribution >= 4 is 28.8 Å². The summed E-state index contributed by atoms with van der Waals surface area (Å²) in [5.41, 5.74) is -0.0552. The van der Waals surface area contributed by atoms with Crippen molar-refractivity contribution in [2.45, 2.75) is 77.7 Å². The zero-order valence-corrected chi connectivity index (χ0v) is 24.2. The summed E-state index contributed by atoms with van der Waals surface area (Å²) in [6.45, 7) is 9.01. The van der Waals surface area contributed by atoms with E-state index in [9.17, 15) is 18.4 Å². The van der Waals surface area contributed by atoms with Crippen molar-refractivity contribution < 1.29 is 18.3 Å². The molecule has 1 aliphatic heterocycles. The highest BCUT2D eigenvalue weighted by atomic mass is 19.1. The Labute approximate surface area is 241 Å². The Kier molecular flexibility index (Phi) is 6.54. The van der Waals surface area contributed by atoms with Crippen LogP contribution in [0, 0.1) is 5.82 Å². The molecule has 220 valence electrons. The lowest BCUT2D eigenvalue weighted by Crippen LogP contribution is -2.39. The van der Waals surface area contributed by atoms with Gasteiger partial charge in [0.05, 0.1) is 6.04 Å². The fraction of sp³-hybridized carbons (Fsp3) is 0.433. The zero-order chi connectivity index (χ0) is 30.0. The van der Waals surface area contributed by atoms with Crippen LogP contribution in [0.15, 0.2) is 41.3 Å². The quantitative estimate of drug-likeness (QED) is 0.325. The number of ether oxygens (including phenoxy) is 1. The number of nitrogens with zero attached hydrogens (tertiary/aromatic N) is 6. The Morgan fingerprint density at radius 2 is 1.83 bits per heavy atom. The van der Waals surface area contributed by atoms with Crippen LogP contribution in [0.5, 0.6) is 0 Å². The average molecular weight is 578 g/mol. The van der Waals surface area contributed by atoms with Gasteiger partial charge in [-0.2, -0.15) is 4.98 Å². The summed E-state index contributed by atoms with van der Waals surface area (Å²) < 4.78 is 37.9. The van der Waals surface area contributed by atoms with Gasteiger partial charge >= 0.3 is 6.09 Å². The number of carbonyl (C=O) groups excluding carboxylic acids is 1. The number of fused-ring (bicyclic) bond motifs is 2. The van der Waals surface area contributed by atoms with Crippen LogP contribution in [0.3, 0.4) is 0 Å². The molecule has 4 heterocycles. The predicted octanol–water partition coefficient (Wildman–Crippen LogP) is 5.69. The van der Waals surface area contributed by atoms with Crippen molar-refractivity contribution in [3.8, 4) is 5.82 Å². The van der Waals surface area contributed by atoms with Crippen LogP contribution < -0.4 is 10.9 Å². The van der Waals surface area contributed by atoms with E-state index in [0.717, 1.165) is 35.7 Å². The van der Waals surface area contributed by atoms with Gasteiger partial charge in [0.2, 0.25) is 5.95 Å². The summed E-state index contributed by atoms with van der Waals surface area (Å²) in [7, 11) is 0. The standard InChI is InChI=1S/C30H33F2N7O3/c1-29(2,3)42-28(41)37-13-12-17-14-19(7-6-18(17)16-37)34-27-33-15-21-25(36-27)39(38(26(21)40)20-8-9-20)23-11-10-22(31)24(35-23)30(4,5)32/h6-7,10-11,14-15,20H,8-9,12-13,16H2,1-5H3,(H,33,34,36). The molecule has 2 aliphatic rings. The van der Waals surface area contributed by atoms with Gasteiger partial charge in [-0.05, 0) is 89.3 Å². The van der Waals surface area contributed by atoms with Gasteiger partial charge < -0.3 is 15.0 Å². The molecule has 0 unspecified atom stereocenters. The lowest BCUT2D eigenvalue weighted by molar-refractivity contribution is 0.0224. The van der Waals surface area contributed by atoms with E-state index in [1.54, 1.807) is 9.58 Å². The Bertz CT molecular complexity index is 1760. The minimum atomic E-state index is -2.02. The number of alkyl halides is 1. The monoisotopic (exact) mass is 577 g/mol. The smallest absolute Gasteiger partial charge is 0.410 e. The summed E-state index contributed by atoms with van der Waals surface area (Å²) in [4.78, 5) is 40.9. The lowest BCUT2D eigenvalue weighted by atomic mass is 9.99. The van der Waals surface area contributed by atoms with E-state index in [0.29, 0.717) is 19.5 Å². The molecule has 12 heteroatoms. The van der Waals surface area contributed by atoms with Crippen molar-refractivity contribution in [2.24, 2.45) is 0 Å². The number of hydrogen-bond donors (Lipinski definition) is 1. The third-order valence-electron chi connectivity index (χ3n) is 7.25. The van der Waals surface area contributed by atoms with Crippen molar-refractivity contribution in [2.75, 3.05) is 11.9 Å². The number of aromatic nitrogens is 5. The maximum Gasteiger partial charge on any atom is 0.410 e. The molecule has 1 N–H and O–H groups in total. The first-order chi connectivity index (χ1) is 19.8. The molecule has 0 spiro atoms. The number of pyridine rings is 1. The molecule has 42 heavy (non-hydrogen) atoms. The molecule has 1 aliphatic carbocycles. The topological polar surface area (TPSA) is 107 Å². The van der Waals surface area contributed by atoms with E-state index in [2.05, 4.69) is 20.3 Å². The fourth-order valence-electron chi connectivity index (χ4n) is 5.14. The van der Waals surface area contributed by atoms with Crippen LogP contribution in [-0.2, 0) is 23.4 Å². The molecule has 0 bridgehead atoms. The Balaban J connectivity index is 1.32. The SMILES string of the molecule is CC(C)(C)OC(=O)N1CCc2cc(Nc3ncc4c(=O)n(C5CC5)n(-c5ccc(F)c(C(C)(C)F)n5)c4n3)ccc2C1. The van der Waals surface area contributed by atoms with Crippen LogP contribution >= 0.6 is 0 Å². The summed E-state index contributed by atoms with van der Waals surface area (Å²) in [5.74, 6) is -0.311. The molecular formula is C30H33F2N7O3. The maximum absolute atomic E-state index is 14.8. The van der Waals surface area contributed by atoms with Gasteiger partial charge in [0.1, 0.15) is 28.2 Å². The fourth-order valence-corrected chi connectivity index (χ4v) is 5.14. The summed E-state index contributed by atoms with van der Waals surface area (Å²) in [5, 5.41) is 3.50. The van der Waals surface area contributed by atoms with Gasteiger partial charge in [0.25, 0.3) is 5.56 Å². The number of benzene rings is 1. The number of anilines is 2. The highest BCUT2D eigenvalue weighted by Gasteiger charge is 2.33. The predicted molar refractivity (Wildman–Crippen MR) is 153 cm³/mol. The molecule has 1 saturated carbocycles. The van der Waals surface area contributed by atoms with Crippen LogP contribution in [0.1, 0.15) is 70.3 Å². The van der Waals surface area contributed by atoms with Gasteiger partial charge in [-0.15, -0.1) is 0 Å². The van der Waals surface area contributed by atoms with Crippen LogP contribution in [0.4, 0.5) is 25.2 Å². The first-order valence-corrected chi connectivity index (χ1v) is 14.0. The Morgan fingerprint density at radius 1 is 1.07 bits per heavy atom. The number of rotatable bonds is 5.